The third-order valence-electron chi connectivity index (χ3n) is 4.61. The molecule has 0 spiro atoms. The van der Waals surface area contributed by atoms with Crippen LogP contribution in [0, 0.1) is 11.3 Å². The van der Waals surface area contributed by atoms with Crippen molar-refractivity contribution in [3.05, 3.63) is 0 Å². The van der Waals surface area contributed by atoms with Crippen LogP contribution >= 0.6 is 0 Å². The zero-order valence-electron chi connectivity index (χ0n) is 10.8. The van der Waals surface area contributed by atoms with Gasteiger partial charge in [-0.3, -0.25) is 9.69 Å². The molecule has 17 heavy (non-hydrogen) atoms. The molecule has 1 saturated heterocycles. The number of fused-ring (bicyclic) bond motifs is 1. The molecule has 98 valence electrons. The van der Waals surface area contributed by atoms with Crippen molar-refractivity contribution in [2.75, 3.05) is 26.8 Å². The fourth-order valence-corrected chi connectivity index (χ4v) is 3.81. The number of methoxy groups -OCH3 is 1. The van der Waals surface area contributed by atoms with Crippen LogP contribution in [-0.2, 0) is 9.53 Å². The second-order valence-electron chi connectivity index (χ2n) is 5.58. The standard InChI is InChI=1S/C13H23NO3/c1-3-11(12(15)16)14-7-10-5-4-6-13(10,8-14)9-17-2/h10-11H,3-9H2,1-2H3,(H,15,16)/t10-,11+,13+/m0/s1. The molecule has 0 aromatic rings. The van der Waals surface area contributed by atoms with Crippen LogP contribution in [0.1, 0.15) is 32.6 Å². The molecule has 1 aliphatic carbocycles. The molecule has 4 nitrogen and oxygen atoms in total. The lowest BCUT2D eigenvalue weighted by Crippen LogP contribution is -2.41. The maximum Gasteiger partial charge on any atom is 0.320 e. The topological polar surface area (TPSA) is 49.8 Å². The number of likely N-dealkylation sites (tertiary alicyclic amines) is 1. The summed E-state index contributed by atoms with van der Waals surface area (Å²) >= 11 is 0. The number of nitrogens with zero attached hydrogens (tertiary/aromatic N) is 1. The van der Waals surface area contributed by atoms with Crippen LogP contribution in [0.2, 0.25) is 0 Å². The van der Waals surface area contributed by atoms with E-state index >= 15 is 0 Å². The minimum Gasteiger partial charge on any atom is -0.480 e. The van der Waals surface area contributed by atoms with E-state index in [4.69, 9.17) is 4.74 Å². The predicted molar refractivity (Wildman–Crippen MR) is 64.9 cm³/mol. The number of hydrogen-bond acceptors (Lipinski definition) is 3. The van der Waals surface area contributed by atoms with E-state index in [1.165, 1.54) is 19.3 Å². The van der Waals surface area contributed by atoms with Crippen molar-refractivity contribution in [3.63, 3.8) is 0 Å². The van der Waals surface area contributed by atoms with E-state index in [1.807, 2.05) is 6.92 Å². The van der Waals surface area contributed by atoms with Gasteiger partial charge < -0.3 is 9.84 Å². The predicted octanol–water partition coefficient (Wildman–Crippen LogP) is 1.60. The van der Waals surface area contributed by atoms with Crippen molar-refractivity contribution in [1.29, 1.82) is 0 Å². The molecular formula is C13H23NO3. The number of carboxylic acid groups (broad SMARTS) is 1. The van der Waals surface area contributed by atoms with Gasteiger partial charge in [-0.15, -0.1) is 0 Å². The van der Waals surface area contributed by atoms with Crippen LogP contribution in [0.25, 0.3) is 0 Å². The van der Waals surface area contributed by atoms with Crippen molar-refractivity contribution >= 4 is 5.97 Å². The Morgan fingerprint density at radius 1 is 1.65 bits per heavy atom. The SMILES string of the molecule is CC[C@H](C(=O)O)N1C[C@@H]2CCC[C@]2(COC)C1. The van der Waals surface area contributed by atoms with Crippen LogP contribution in [0.3, 0.4) is 0 Å². The van der Waals surface area contributed by atoms with E-state index in [-0.39, 0.29) is 11.5 Å². The van der Waals surface area contributed by atoms with Crippen molar-refractivity contribution in [2.24, 2.45) is 11.3 Å². The Morgan fingerprint density at radius 3 is 3.00 bits per heavy atom. The van der Waals surface area contributed by atoms with Crippen molar-refractivity contribution < 1.29 is 14.6 Å². The van der Waals surface area contributed by atoms with E-state index in [0.29, 0.717) is 12.3 Å². The van der Waals surface area contributed by atoms with E-state index in [9.17, 15) is 9.90 Å². The molecule has 1 heterocycles. The Hall–Kier alpha value is -0.610. The Kier molecular flexibility index (Phi) is 3.73. The minimum absolute atomic E-state index is 0.234. The highest BCUT2D eigenvalue weighted by Gasteiger charge is 2.51. The van der Waals surface area contributed by atoms with Crippen molar-refractivity contribution in [1.82, 2.24) is 4.90 Å². The molecule has 2 fully saturated rings. The van der Waals surface area contributed by atoms with Gasteiger partial charge in [0.05, 0.1) is 6.61 Å². The quantitative estimate of drug-likeness (QED) is 0.794. The Labute approximate surface area is 103 Å². The second kappa shape index (κ2) is 4.94. The van der Waals surface area contributed by atoms with Crippen LogP contribution in [0.5, 0.6) is 0 Å². The first-order chi connectivity index (χ1) is 8.13. The van der Waals surface area contributed by atoms with Gasteiger partial charge in [-0.05, 0) is 25.2 Å². The maximum absolute atomic E-state index is 11.2. The average molecular weight is 241 g/mol. The van der Waals surface area contributed by atoms with Crippen molar-refractivity contribution in [3.8, 4) is 0 Å². The van der Waals surface area contributed by atoms with Gasteiger partial charge in [-0.1, -0.05) is 13.3 Å². The number of carboxylic acids is 1. The fourth-order valence-electron chi connectivity index (χ4n) is 3.81. The molecule has 2 rings (SSSR count). The smallest absolute Gasteiger partial charge is 0.320 e. The first-order valence-electron chi connectivity index (χ1n) is 6.59. The number of hydrogen-bond donors (Lipinski definition) is 1. The summed E-state index contributed by atoms with van der Waals surface area (Å²) in [5, 5.41) is 9.24. The minimum atomic E-state index is -0.681. The van der Waals surface area contributed by atoms with Gasteiger partial charge in [0.2, 0.25) is 0 Å². The van der Waals surface area contributed by atoms with Gasteiger partial charge in [-0.2, -0.15) is 0 Å². The van der Waals surface area contributed by atoms with Crippen LogP contribution in [0.15, 0.2) is 0 Å². The van der Waals surface area contributed by atoms with E-state index in [1.54, 1.807) is 7.11 Å². The highest BCUT2D eigenvalue weighted by Crippen LogP contribution is 2.49. The first kappa shape index (κ1) is 12.8. The molecule has 2 aliphatic rings. The Balaban J connectivity index is 2.09. The number of aliphatic carboxylic acids is 1. The second-order valence-corrected chi connectivity index (χ2v) is 5.58. The van der Waals surface area contributed by atoms with Gasteiger partial charge in [0, 0.05) is 25.6 Å². The van der Waals surface area contributed by atoms with Crippen LogP contribution in [0.4, 0.5) is 0 Å². The summed E-state index contributed by atoms with van der Waals surface area (Å²) in [6.45, 7) is 4.57. The highest BCUT2D eigenvalue weighted by molar-refractivity contribution is 5.73. The summed E-state index contributed by atoms with van der Waals surface area (Å²) in [5.74, 6) is -0.0455. The third kappa shape index (κ3) is 2.20. The Bertz CT molecular complexity index is 294. The molecule has 4 heteroatoms. The zero-order valence-corrected chi connectivity index (χ0v) is 10.8. The summed E-state index contributed by atoms with van der Waals surface area (Å²) in [6.07, 6.45) is 4.38. The summed E-state index contributed by atoms with van der Waals surface area (Å²) in [5.41, 5.74) is 0.234. The molecule has 0 amide bonds. The molecule has 1 N–H and O–H groups in total. The largest absolute Gasteiger partial charge is 0.480 e. The molecule has 0 unspecified atom stereocenters. The van der Waals surface area contributed by atoms with Gasteiger partial charge in [0.1, 0.15) is 6.04 Å². The van der Waals surface area contributed by atoms with E-state index in [0.717, 1.165) is 19.7 Å². The molecule has 0 bridgehead atoms. The molecular weight excluding hydrogens is 218 g/mol. The van der Waals surface area contributed by atoms with Crippen LogP contribution in [-0.4, -0.2) is 48.8 Å². The maximum atomic E-state index is 11.2. The molecule has 0 aromatic heterocycles. The summed E-state index contributed by atoms with van der Waals surface area (Å²) < 4.78 is 5.38. The zero-order chi connectivity index (χ0) is 12.5. The number of carbonyl (C=O) groups is 1. The highest BCUT2D eigenvalue weighted by atomic mass is 16.5. The molecule has 0 aromatic carbocycles. The first-order valence-corrected chi connectivity index (χ1v) is 6.59. The Morgan fingerprint density at radius 2 is 2.41 bits per heavy atom. The third-order valence-corrected chi connectivity index (χ3v) is 4.61. The molecule has 0 radical (unpaired) electrons. The lowest BCUT2D eigenvalue weighted by atomic mass is 9.82. The number of rotatable bonds is 5. The average Bonchev–Trinajstić information content (AvgIpc) is 2.75. The lowest BCUT2D eigenvalue weighted by Gasteiger charge is -2.29. The van der Waals surface area contributed by atoms with E-state index in [2.05, 4.69) is 4.90 Å². The van der Waals surface area contributed by atoms with Gasteiger partial charge >= 0.3 is 5.97 Å². The van der Waals surface area contributed by atoms with Crippen LogP contribution < -0.4 is 0 Å². The van der Waals surface area contributed by atoms with Gasteiger partial charge in [0.25, 0.3) is 0 Å². The molecule has 3 atom stereocenters. The lowest BCUT2D eigenvalue weighted by molar-refractivity contribution is -0.143. The molecule has 1 saturated carbocycles. The summed E-state index contributed by atoms with van der Waals surface area (Å²) in [7, 11) is 1.75. The van der Waals surface area contributed by atoms with Gasteiger partial charge in [-0.25, -0.2) is 0 Å². The fraction of sp³-hybridized carbons (Fsp3) is 0.923. The monoisotopic (exact) mass is 241 g/mol. The van der Waals surface area contributed by atoms with Crippen molar-refractivity contribution in [2.45, 2.75) is 38.6 Å². The van der Waals surface area contributed by atoms with Gasteiger partial charge in [0.15, 0.2) is 0 Å². The normalized spacial score (nSPS) is 34.8. The van der Waals surface area contributed by atoms with E-state index < -0.39 is 5.97 Å². The molecule has 1 aliphatic heterocycles. The summed E-state index contributed by atoms with van der Waals surface area (Å²) in [4.78, 5) is 13.4. The summed E-state index contributed by atoms with van der Waals surface area (Å²) in [6, 6.07) is -0.311. The number of ether oxygens (including phenoxy) is 1.